The van der Waals surface area contributed by atoms with E-state index >= 15 is 0 Å². The number of rotatable bonds is 6. The average Bonchev–Trinajstić information content (AvgIpc) is 2.89. The number of anilines is 1. The van der Waals surface area contributed by atoms with E-state index in [-0.39, 0.29) is 5.82 Å². The van der Waals surface area contributed by atoms with Crippen molar-refractivity contribution in [1.29, 1.82) is 0 Å². The highest BCUT2D eigenvalue weighted by Crippen LogP contribution is 2.22. The van der Waals surface area contributed by atoms with Gasteiger partial charge in [-0.05, 0) is 31.5 Å². The van der Waals surface area contributed by atoms with E-state index < -0.39 is 17.8 Å². The van der Waals surface area contributed by atoms with Gasteiger partial charge in [-0.25, -0.2) is 9.07 Å². The van der Waals surface area contributed by atoms with Gasteiger partial charge in [-0.2, -0.15) is 5.10 Å². The number of hydrogen-bond donors (Lipinski definition) is 2. The summed E-state index contributed by atoms with van der Waals surface area (Å²) in [4.78, 5) is 22.8. The number of aliphatic carboxylic acids is 1. The molecule has 1 aromatic carbocycles. The van der Waals surface area contributed by atoms with E-state index in [2.05, 4.69) is 10.4 Å². The van der Waals surface area contributed by atoms with Gasteiger partial charge < -0.3 is 10.4 Å². The topological polar surface area (TPSA) is 84.2 Å². The molecule has 0 radical (unpaired) electrons. The number of carbonyl (C=O) groups is 2. The van der Waals surface area contributed by atoms with Gasteiger partial charge in [0, 0.05) is 0 Å². The summed E-state index contributed by atoms with van der Waals surface area (Å²) >= 11 is 0. The monoisotopic (exact) mass is 319 g/mol. The van der Waals surface area contributed by atoms with Crippen molar-refractivity contribution in [1.82, 2.24) is 9.78 Å². The Hall–Kier alpha value is -2.70. The van der Waals surface area contributed by atoms with Crippen LogP contribution in [0.1, 0.15) is 26.0 Å². The van der Waals surface area contributed by atoms with Crippen molar-refractivity contribution in [2.75, 3.05) is 5.32 Å². The van der Waals surface area contributed by atoms with Gasteiger partial charge in [-0.3, -0.25) is 9.59 Å². The second-order valence-electron chi connectivity index (χ2n) is 5.20. The zero-order valence-corrected chi connectivity index (χ0v) is 12.9. The van der Waals surface area contributed by atoms with Crippen LogP contribution in [0.25, 0.3) is 5.69 Å². The first-order valence-corrected chi connectivity index (χ1v) is 7.30. The van der Waals surface area contributed by atoms with Crippen molar-refractivity contribution < 1.29 is 19.1 Å². The van der Waals surface area contributed by atoms with Crippen LogP contribution in [-0.4, -0.2) is 26.8 Å². The minimum atomic E-state index is -1.20. The predicted molar refractivity (Wildman–Crippen MR) is 82.9 cm³/mol. The van der Waals surface area contributed by atoms with E-state index in [4.69, 9.17) is 5.11 Å². The van der Waals surface area contributed by atoms with Crippen LogP contribution in [0.4, 0.5) is 10.1 Å². The van der Waals surface area contributed by atoms with Gasteiger partial charge in [-0.15, -0.1) is 0 Å². The summed E-state index contributed by atoms with van der Waals surface area (Å²) in [5.41, 5.74) is 1.68. The molecule has 0 aliphatic rings. The Kier molecular flexibility index (Phi) is 5.10. The third-order valence-electron chi connectivity index (χ3n) is 3.43. The summed E-state index contributed by atoms with van der Waals surface area (Å²) < 4.78 is 15.0. The lowest BCUT2D eigenvalue weighted by Gasteiger charge is -2.11. The van der Waals surface area contributed by atoms with Crippen molar-refractivity contribution in [3.8, 4) is 5.69 Å². The maximum Gasteiger partial charge on any atom is 0.315 e. The van der Waals surface area contributed by atoms with Crippen molar-refractivity contribution in [2.45, 2.75) is 26.7 Å². The first-order valence-electron chi connectivity index (χ1n) is 7.30. The fourth-order valence-electron chi connectivity index (χ4n) is 2.14. The molecule has 2 aromatic rings. The van der Waals surface area contributed by atoms with Gasteiger partial charge in [-0.1, -0.05) is 19.4 Å². The molecule has 0 aliphatic heterocycles. The molecule has 1 amide bonds. The molecule has 23 heavy (non-hydrogen) atoms. The third-order valence-corrected chi connectivity index (χ3v) is 3.43. The molecule has 7 heteroatoms. The van der Waals surface area contributed by atoms with Gasteiger partial charge in [0.25, 0.3) is 0 Å². The Morgan fingerprint density at radius 3 is 2.78 bits per heavy atom. The van der Waals surface area contributed by atoms with Gasteiger partial charge in [0.2, 0.25) is 5.91 Å². The number of amides is 1. The lowest BCUT2D eigenvalue weighted by atomic mass is 10.1. The first-order chi connectivity index (χ1) is 10.9. The average molecular weight is 319 g/mol. The smallest absolute Gasteiger partial charge is 0.315 e. The molecule has 1 aromatic heterocycles. The molecule has 0 aliphatic carbocycles. The lowest BCUT2D eigenvalue weighted by molar-refractivity contribution is -0.144. The largest absolute Gasteiger partial charge is 0.481 e. The molecular formula is C16H18FN3O3. The number of aromatic nitrogens is 2. The van der Waals surface area contributed by atoms with Crippen LogP contribution in [0.2, 0.25) is 0 Å². The second-order valence-corrected chi connectivity index (χ2v) is 5.20. The van der Waals surface area contributed by atoms with E-state index in [1.54, 1.807) is 16.8 Å². The molecule has 2 N–H and O–H groups in total. The Labute approximate surface area is 132 Å². The fourth-order valence-corrected chi connectivity index (χ4v) is 2.14. The molecule has 0 saturated carbocycles. The normalized spacial score (nSPS) is 12.0. The molecule has 122 valence electrons. The highest BCUT2D eigenvalue weighted by Gasteiger charge is 2.22. The number of nitrogens with zero attached hydrogens (tertiary/aromatic N) is 2. The number of carbonyl (C=O) groups excluding carboxylic acids is 1. The van der Waals surface area contributed by atoms with Crippen LogP contribution in [0.3, 0.4) is 0 Å². The summed E-state index contributed by atoms with van der Waals surface area (Å²) in [7, 11) is 0. The van der Waals surface area contributed by atoms with Crippen molar-refractivity contribution >= 4 is 17.6 Å². The predicted octanol–water partition coefficient (Wildman–Crippen LogP) is 2.62. The van der Waals surface area contributed by atoms with Crippen molar-refractivity contribution in [2.24, 2.45) is 5.92 Å². The highest BCUT2D eigenvalue weighted by molar-refractivity contribution is 6.04. The van der Waals surface area contributed by atoms with E-state index in [0.717, 1.165) is 6.42 Å². The molecular weight excluding hydrogens is 301 g/mol. The van der Waals surface area contributed by atoms with E-state index in [1.807, 2.05) is 6.92 Å². The van der Waals surface area contributed by atoms with Gasteiger partial charge in [0.05, 0.1) is 23.3 Å². The third kappa shape index (κ3) is 3.74. The number of benzene rings is 1. The van der Waals surface area contributed by atoms with Crippen LogP contribution in [-0.2, 0) is 16.0 Å². The molecule has 2 rings (SSSR count). The summed E-state index contributed by atoms with van der Waals surface area (Å²) in [5.74, 6) is -3.36. The van der Waals surface area contributed by atoms with Crippen LogP contribution in [0, 0.1) is 11.7 Å². The highest BCUT2D eigenvalue weighted by atomic mass is 19.1. The molecule has 0 fully saturated rings. The Morgan fingerprint density at radius 1 is 1.43 bits per heavy atom. The summed E-state index contributed by atoms with van der Waals surface area (Å²) in [6.07, 6.45) is 2.84. The van der Waals surface area contributed by atoms with E-state index in [9.17, 15) is 14.0 Å². The number of hydrogen-bond acceptors (Lipinski definition) is 3. The lowest BCUT2D eigenvalue weighted by Crippen LogP contribution is -2.27. The molecule has 6 nitrogen and oxygen atoms in total. The zero-order chi connectivity index (χ0) is 17.0. The molecule has 1 unspecified atom stereocenters. The number of carboxylic acids is 1. The number of carboxylic acid groups (broad SMARTS) is 1. The van der Waals surface area contributed by atoms with Crippen LogP contribution in [0.15, 0.2) is 30.5 Å². The number of halogens is 1. The fraction of sp³-hybridized carbons (Fsp3) is 0.312. The van der Waals surface area contributed by atoms with E-state index in [0.29, 0.717) is 23.5 Å². The maximum atomic E-state index is 13.4. The molecule has 0 bridgehead atoms. The Balaban J connectivity index is 2.35. The Bertz CT molecular complexity index is 727. The van der Waals surface area contributed by atoms with Gasteiger partial charge >= 0.3 is 5.97 Å². The summed E-state index contributed by atoms with van der Waals surface area (Å²) in [6, 6.07) is 5.97. The van der Waals surface area contributed by atoms with Crippen LogP contribution < -0.4 is 5.32 Å². The molecule has 1 heterocycles. The zero-order valence-electron chi connectivity index (χ0n) is 12.9. The SMILES string of the molecule is CCCc1c(NC(=O)C(C)C(=O)O)cnn1-c1cccc(F)c1. The minimum absolute atomic E-state index is 0.384. The number of nitrogens with one attached hydrogen (secondary N) is 1. The quantitative estimate of drug-likeness (QED) is 0.802. The first kappa shape index (κ1) is 16.7. The van der Waals surface area contributed by atoms with Crippen LogP contribution in [0.5, 0.6) is 0 Å². The van der Waals surface area contributed by atoms with Crippen molar-refractivity contribution in [3.63, 3.8) is 0 Å². The minimum Gasteiger partial charge on any atom is -0.481 e. The molecule has 0 saturated heterocycles. The second kappa shape index (κ2) is 7.04. The summed E-state index contributed by atoms with van der Waals surface area (Å²) in [6.45, 7) is 3.28. The van der Waals surface area contributed by atoms with Gasteiger partial charge in [0.15, 0.2) is 0 Å². The molecule has 1 atom stereocenters. The van der Waals surface area contributed by atoms with Crippen molar-refractivity contribution in [3.05, 3.63) is 42.0 Å². The van der Waals surface area contributed by atoms with E-state index in [1.165, 1.54) is 25.3 Å². The molecule has 0 spiro atoms. The Morgan fingerprint density at radius 2 is 2.17 bits per heavy atom. The maximum absolute atomic E-state index is 13.4. The van der Waals surface area contributed by atoms with Gasteiger partial charge in [0.1, 0.15) is 11.7 Å². The summed E-state index contributed by atoms with van der Waals surface area (Å²) in [5, 5.41) is 15.7. The van der Waals surface area contributed by atoms with Crippen LogP contribution >= 0.6 is 0 Å². The standard InChI is InChI=1S/C16H18FN3O3/c1-3-5-14-13(19-15(21)10(2)16(22)23)9-18-20(14)12-7-4-6-11(17)8-12/h4,6-10H,3,5H2,1-2H3,(H,19,21)(H,22,23).